The molecule has 2 N–H and O–H groups in total. The van der Waals surface area contributed by atoms with Crippen LogP contribution in [0.15, 0.2) is 42.5 Å². The maximum absolute atomic E-state index is 12.7. The van der Waals surface area contributed by atoms with Crippen LogP contribution in [0.2, 0.25) is 0 Å². The van der Waals surface area contributed by atoms with Gasteiger partial charge in [-0.3, -0.25) is 0 Å². The maximum atomic E-state index is 12.7. The number of fused-ring (bicyclic) bond motifs is 1. The van der Waals surface area contributed by atoms with Crippen molar-refractivity contribution < 1.29 is 13.2 Å². The van der Waals surface area contributed by atoms with Crippen molar-refractivity contribution in [2.24, 2.45) is 0 Å². The SMILES string of the molecule is N#Cc1ccc2nc(NCc3cccc(C(F)(F)F)c3)[nH]c2c1. The number of benzene rings is 2. The summed E-state index contributed by atoms with van der Waals surface area (Å²) in [6.07, 6.45) is -4.36. The van der Waals surface area contributed by atoms with Gasteiger partial charge in [-0.15, -0.1) is 0 Å². The van der Waals surface area contributed by atoms with Crippen LogP contribution in [-0.2, 0) is 12.7 Å². The smallest absolute Gasteiger partial charge is 0.352 e. The number of alkyl halides is 3. The Morgan fingerprint density at radius 3 is 2.74 bits per heavy atom. The third-order valence-electron chi connectivity index (χ3n) is 3.33. The number of aromatic amines is 1. The van der Waals surface area contributed by atoms with E-state index >= 15 is 0 Å². The Morgan fingerprint density at radius 2 is 2.00 bits per heavy atom. The molecule has 0 atom stereocenters. The van der Waals surface area contributed by atoms with Crippen LogP contribution >= 0.6 is 0 Å². The molecule has 7 heteroatoms. The molecule has 0 spiro atoms. The number of nitriles is 1. The third kappa shape index (κ3) is 3.26. The van der Waals surface area contributed by atoms with Gasteiger partial charge in [0.25, 0.3) is 0 Å². The summed E-state index contributed by atoms with van der Waals surface area (Å²) in [6.45, 7) is 0.203. The van der Waals surface area contributed by atoms with Gasteiger partial charge in [0.1, 0.15) is 0 Å². The minimum atomic E-state index is -4.36. The molecule has 0 aliphatic heterocycles. The van der Waals surface area contributed by atoms with E-state index in [9.17, 15) is 13.2 Å². The zero-order chi connectivity index (χ0) is 16.4. The largest absolute Gasteiger partial charge is 0.416 e. The predicted octanol–water partition coefficient (Wildman–Crippen LogP) is 4.07. The van der Waals surface area contributed by atoms with Crippen LogP contribution in [0.25, 0.3) is 11.0 Å². The van der Waals surface area contributed by atoms with Crippen LogP contribution in [-0.4, -0.2) is 9.97 Å². The first-order valence-electron chi connectivity index (χ1n) is 6.75. The number of imidazole rings is 1. The molecular weight excluding hydrogens is 305 g/mol. The first-order chi connectivity index (χ1) is 11.0. The number of H-pyrrole nitrogens is 1. The zero-order valence-electron chi connectivity index (χ0n) is 11.8. The van der Waals surface area contributed by atoms with E-state index in [1.165, 1.54) is 6.07 Å². The Bertz CT molecular complexity index is 890. The summed E-state index contributed by atoms with van der Waals surface area (Å²) < 4.78 is 38.0. The zero-order valence-corrected chi connectivity index (χ0v) is 11.8. The highest BCUT2D eigenvalue weighted by Crippen LogP contribution is 2.29. The Balaban J connectivity index is 1.77. The maximum Gasteiger partial charge on any atom is 0.416 e. The summed E-state index contributed by atoms with van der Waals surface area (Å²) in [6, 6.07) is 12.2. The van der Waals surface area contributed by atoms with Gasteiger partial charge in [-0.25, -0.2) is 4.98 Å². The minimum Gasteiger partial charge on any atom is -0.352 e. The number of hydrogen-bond donors (Lipinski definition) is 2. The standard InChI is InChI=1S/C16H11F3N4/c17-16(18,19)12-3-1-2-11(6-12)9-21-15-22-13-5-4-10(8-20)7-14(13)23-15/h1-7H,9H2,(H2,21,22,23). The number of hydrogen-bond acceptors (Lipinski definition) is 3. The highest BCUT2D eigenvalue weighted by atomic mass is 19.4. The van der Waals surface area contributed by atoms with E-state index in [-0.39, 0.29) is 6.54 Å². The van der Waals surface area contributed by atoms with Gasteiger partial charge in [0.15, 0.2) is 0 Å². The van der Waals surface area contributed by atoms with E-state index in [0.717, 1.165) is 12.1 Å². The average Bonchev–Trinajstić information content (AvgIpc) is 2.94. The normalized spacial score (nSPS) is 11.4. The summed E-state index contributed by atoms with van der Waals surface area (Å²) in [5.41, 5.74) is 1.69. The van der Waals surface area contributed by atoms with Crippen LogP contribution in [0, 0.1) is 11.3 Å². The van der Waals surface area contributed by atoms with E-state index in [1.54, 1.807) is 24.3 Å². The van der Waals surface area contributed by atoms with Crippen molar-refractivity contribution in [1.82, 2.24) is 9.97 Å². The van der Waals surface area contributed by atoms with Crippen LogP contribution in [0.3, 0.4) is 0 Å². The quantitative estimate of drug-likeness (QED) is 0.765. The molecule has 0 radical (unpaired) electrons. The fourth-order valence-electron chi connectivity index (χ4n) is 2.21. The van der Waals surface area contributed by atoms with Crippen LogP contribution in [0.1, 0.15) is 16.7 Å². The van der Waals surface area contributed by atoms with Crippen molar-refractivity contribution in [3.63, 3.8) is 0 Å². The lowest BCUT2D eigenvalue weighted by molar-refractivity contribution is -0.137. The average molecular weight is 316 g/mol. The van der Waals surface area contributed by atoms with Crippen molar-refractivity contribution >= 4 is 17.0 Å². The van der Waals surface area contributed by atoms with E-state index < -0.39 is 11.7 Å². The Kier molecular flexibility index (Phi) is 3.66. The lowest BCUT2D eigenvalue weighted by Crippen LogP contribution is -2.07. The number of aromatic nitrogens is 2. The molecule has 0 bridgehead atoms. The summed E-state index contributed by atoms with van der Waals surface area (Å²) in [4.78, 5) is 7.27. The fraction of sp³-hybridized carbons (Fsp3) is 0.125. The van der Waals surface area contributed by atoms with Gasteiger partial charge in [-0.2, -0.15) is 18.4 Å². The first kappa shape index (κ1) is 14.9. The summed E-state index contributed by atoms with van der Waals surface area (Å²) in [5, 5.41) is 11.8. The van der Waals surface area contributed by atoms with Gasteiger partial charge in [0, 0.05) is 6.54 Å². The second kappa shape index (κ2) is 5.65. The Labute approximate surface area is 129 Å². The van der Waals surface area contributed by atoms with Gasteiger partial charge >= 0.3 is 6.18 Å². The van der Waals surface area contributed by atoms with E-state index in [4.69, 9.17) is 5.26 Å². The molecule has 3 rings (SSSR count). The van der Waals surface area contributed by atoms with Gasteiger partial charge in [-0.1, -0.05) is 12.1 Å². The molecule has 0 saturated carbocycles. The van der Waals surface area contributed by atoms with E-state index in [2.05, 4.69) is 15.3 Å². The monoisotopic (exact) mass is 316 g/mol. The topological polar surface area (TPSA) is 64.5 Å². The van der Waals surface area contributed by atoms with Crippen LogP contribution in [0.5, 0.6) is 0 Å². The molecule has 0 unspecified atom stereocenters. The molecule has 3 aromatic rings. The molecule has 2 aromatic carbocycles. The van der Waals surface area contributed by atoms with Gasteiger partial charge in [0.2, 0.25) is 5.95 Å². The molecule has 1 aromatic heterocycles. The van der Waals surface area contributed by atoms with Gasteiger partial charge in [0.05, 0.1) is 28.2 Å². The van der Waals surface area contributed by atoms with Crippen molar-refractivity contribution in [2.45, 2.75) is 12.7 Å². The second-order valence-corrected chi connectivity index (χ2v) is 4.98. The lowest BCUT2D eigenvalue weighted by atomic mass is 10.1. The van der Waals surface area contributed by atoms with Crippen LogP contribution < -0.4 is 5.32 Å². The molecule has 4 nitrogen and oxygen atoms in total. The fourth-order valence-corrected chi connectivity index (χ4v) is 2.21. The van der Waals surface area contributed by atoms with Gasteiger partial charge < -0.3 is 10.3 Å². The molecule has 1 heterocycles. The highest BCUT2D eigenvalue weighted by molar-refractivity contribution is 5.78. The number of nitrogens with zero attached hydrogens (tertiary/aromatic N) is 2. The third-order valence-corrected chi connectivity index (χ3v) is 3.33. The molecule has 23 heavy (non-hydrogen) atoms. The molecule has 0 amide bonds. The number of halogens is 3. The van der Waals surface area contributed by atoms with Crippen molar-refractivity contribution in [1.29, 1.82) is 5.26 Å². The molecule has 0 aliphatic rings. The number of anilines is 1. The highest BCUT2D eigenvalue weighted by Gasteiger charge is 2.30. The first-order valence-corrected chi connectivity index (χ1v) is 6.75. The van der Waals surface area contributed by atoms with Crippen molar-refractivity contribution in [3.8, 4) is 6.07 Å². The minimum absolute atomic E-state index is 0.203. The van der Waals surface area contributed by atoms with E-state index in [1.807, 2.05) is 6.07 Å². The van der Waals surface area contributed by atoms with E-state index in [0.29, 0.717) is 28.1 Å². The molecule has 0 aliphatic carbocycles. The van der Waals surface area contributed by atoms with Crippen LogP contribution in [0.4, 0.5) is 19.1 Å². The summed E-state index contributed by atoms with van der Waals surface area (Å²) >= 11 is 0. The summed E-state index contributed by atoms with van der Waals surface area (Å²) in [7, 11) is 0. The molecular formula is C16H11F3N4. The van der Waals surface area contributed by atoms with Crippen molar-refractivity contribution in [2.75, 3.05) is 5.32 Å². The number of nitrogens with one attached hydrogen (secondary N) is 2. The van der Waals surface area contributed by atoms with Gasteiger partial charge in [-0.05, 0) is 35.9 Å². The predicted molar refractivity (Wildman–Crippen MR) is 79.6 cm³/mol. The second-order valence-electron chi connectivity index (χ2n) is 4.98. The Morgan fingerprint density at radius 1 is 1.17 bits per heavy atom. The Hall–Kier alpha value is -3.01. The molecule has 116 valence electrons. The lowest BCUT2D eigenvalue weighted by Gasteiger charge is -2.09. The summed E-state index contributed by atoms with van der Waals surface area (Å²) in [5.74, 6) is 0.438. The molecule has 0 fully saturated rings. The number of rotatable bonds is 3. The van der Waals surface area contributed by atoms with Crippen molar-refractivity contribution in [3.05, 3.63) is 59.2 Å². The molecule has 0 saturated heterocycles.